The Morgan fingerprint density at radius 1 is 0.867 bits per heavy atom. The Balaban J connectivity index is 1.49. The number of benzene rings is 3. The van der Waals surface area contributed by atoms with Gasteiger partial charge in [0.1, 0.15) is 0 Å². The fourth-order valence-electron chi connectivity index (χ4n) is 3.52. The molecule has 0 unspecified atom stereocenters. The van der Waals surface area contributed by atoms with Gasteiger partial charge in [-0.15, -0.1) is 0 Å². The molecule has 0 bridgehead atoms. The van der Waals surface area contributed by atoms with Crippen LogP contribution in [0.5, 0.6) is 0 Å². The van der Waals surface area contributed by atoms with Crippen LogP contribution in [0.2, 0.25) is 0 Å². The third kappa shape index (κ3) is 5.44. The highest BCUT2D eigenvalue weighted by Crippen LogP contribution is 2.21. The van der Waals surface area contributed by atoms with Gasteiger partial charge in [-0.2, -0.15) is 0 Å². The maximum absolute atomic E-state index is 13.1. The summed E-state index contributed by atoms with van der Waals surface area (Å²) in [4.78, 5) is 15.5. The van der Waals surface area contributed by atoms with E-state index in [2.05, 4.69) is 22.3 Å². The topological polar surface area (TPSA) is 41.6 Å². The van der Waals surface area contributed by atoms with Crippen LogP contribution >= 0.6 is 0 Å². The molecule has 0 saturated carbocycles. The second kappa shape index (κ2) is 10.0. The fourth-order valence-corrected chi connectivity index (χ4v) is 3.52. The third-order valence-corrected chi connectivity index (χ3v) is 5.16. The first-order valence-electron chi connectivity index (χ1n) is 10.3. The summed E-state index contributed by atoms with van der Waals surface area (Å²) < 4.78 is 5.41. The van der Waals surface area contributed by atoms with Crippen LogP contribution in [-0.2, 0) is 16.1 Å². The van der Waals surface area contributed by atoms with Crippen molar-refractivity contribution in [3.8, 4) is 0 Å². The standard InChI is InChI=1S/C26H26N2O2/c29-26(25(23-9-5-2-6-10-23)19-21-7-3-1-4-8-21)27-24-13-11-22(12-14-24)20-28-15-17-30-18-16-28/h1-14,19H,15-18,20H2,(H,27,29)/b25-19-. The smallest absolute Gasteiger partial charge is 0.256 e. The zero-order valence-corrected chi connectivity index (χ0v) is 17.0. The Bertz CT molecular complexity index is 977. The van der Waals surface area contributed by atoms with Gasteiger partial charge in [-0.1, -0.05) is 72.8 Å². The van der Waals surface area contributed by atoms with E-state index in [1.807, 2.05) is 78.9 Å². The summed E-state index contributed by atoms with van der Waals surface area (Å²) in [6.45, 7) is 4.42. The predicted octanol–water partition coefficient (Wildman–Crippen LogP) is 4.70. The lowest BCUT2D eigenvalue weighted by Gasteiger charge is -2.26. The maximum atomic E-state index is 13.1. The molecule has 3 aromatic carbocycles. The first kappa shape index (κ1) is 20.1. The number of nitrogens with zero attached hydrogens (tertiary/aromatic N) is 1. The van der Waals surface area contributed by atoms with Gasteiger partial charge in [0.2, 0.25) is 0 Å². The molecule has 0 spiro atoms. The summed E-state index contributed by atoms with van der Waals surface area (Å²) in [6.07, 6.45) is 1.93. The molecule has 1 aliphatic rings. The van der Waals surface area contributed by atoms with Gasteiger partial charge in [-0.05, 0) is 34.9 Å². The Morgan fingerprint density at radius 2 is 1.50 bits per heavy atom. The molecule has 30 heavy (non-hydrogen) atoms. The van der Waals surface area contributed by atoms with Gasteiger partial charge in [-0.25, -0.2) is 0 Å². The number of hydrogen-bond donors (Lipinski definition) is 1. The summed E-state index contributed by atoms with van der Waals surface area (Å²) in [5, 5.41) is 3.05. The normalized spacial score (nSPS) is 15.0. The Kier molecular flexibility index (Phi) is 6.70. The molecule has 4 nitrogen and oxygen atoms in total. The molecule has 0 atom stereocenters. The summed E-state index contributed by atoms with van der Waals surface area (Å²) in [7, 11) is 0. The van der Waals surface area contributed by atoms with Crippen molar-refractivity contribution in [2.24, 2.45) is 0 Å². The summed E-state index contributed by atoms with van der Waals surface area (Å²) >= 11 is 0. The van der Waals surface area contributed by atoms with Crippen molar-refractivity contribution in [1.82, 2.24) is 4.90 Å². The molecule has 3 aromatic rings. The second-order valence-electron chi connectivity index (χ2n) is 7.37. The molecule has 4 rings (SSSR count). The van der Waals surface area contributed by atoms with Gasteiger partial charge in [-0.3, -0.25) is 9.69 Å². The molecule has 1 fully saturated rings. The largest absolute Gasteiger partial charge is 0.379 e. The summed E-state index contributed by atoms with van der Waals surface area (Å²) in [5.41, 5.74) is 4.55. The number of hydrogen-bond acceptors (Lipinski definition) is 3. The highest BCUT2D eigenvalue weighted by atomic mass is 16.5. The van der Waals surface area contributed by atoms with Crippen LogP contribution in [0.3, 0.4) is 0 Å². The Hall–Kier alpha value is -3.21. The second-order valence-corrected chi connectivity index (χ2v) is 7.37. The maximum Gasteiger partial charge on any atom is 0.256 e. The van der Waals surface area contributed by atoms with Crippen molar-refractivity contribution in [3.63, 3.8) is 0 Å². The van der Waals surface area contributed by atoms with Gasteiger partial charge in [0.15, 0.2) is 0 Å². The minimum atomic E-state index is -0.119. The number of carbonyl (C=O) groups is 1. The lowest BCUT2D eigenvalue weighted by Crippen LogP contribution is -2.35. The minimum Gasteiger partial charge on any atom is -0.379 e. The molecule has 4 heteroatoms. The van der Waals surface area contributed by atoms with Crippen molar-refractivity contribution in [2.45, 2.75) is 6.54 Å². The van der Waals surface area contributed by atoms with Gasteiger partial charge in [0, 0.05) is 30.9 Å². The van der Waals surface area contributed by atoms with E-state index < -0.39 is 0 Å². The van der Waals surface area contributed by atoms with Crippen molar-refractivity contribution in [2.75, 3.05) is 31.6 Å². The Labute approximate surface area is 177 Å². The van der Waals surface area contributed by atoms with Crippen LogP contribution in [0.25, 0.3) is 11.6 Å². The van der Waals surface area contributed by atoms with Crippen molar-refractivity contribution < 1.29 is 9.53 Å². The summed E-state index contributed by atoms with van der Waals surface area (Å²) in [5.74, 6) is -0.119. The number of ether oxygens (including phenoxy) is 1. The van der Waals surface area contributed by atoms with E-state index in [0.717, 1.165) is 49.7 Å². The van der Waals surface area contributed by atoms with E-state index in [1.54, 1.807) is 0 Å². The van der Waals surface area contributed by atoms with E-state index >= 15 is 0 Å². The Morgan fingerprint density at radius 3 is 2.17 bits per heavy atom. The lowest BCUT2D eigenvalue weighted by atomic mass is 10.0. The molecule has 0 aliphatic carbocycles. The van der Waals surface area contributed by atoms with Crippen LogP contribution < -0.4 is 5.32 Å². The van der Waals surface area contributed by atoms with E-state index in [-0.39, 0.29) is 5.91 Å². The molecule has 1 amide bonds. The van der Waals surface area contributed by atoms with Gasteiger partial charge < -0.3 is 10.1 Å². The molecule has 1 aliphatic heterocycles. The van der Waals surface area contributed by atoms with E-state index in [4.69, 9.17) is 4.74 Å². The average Bonchev–Trinajstić information content (AvgIpc) is 2.81. The first-order chi connectivity index (χ1) is 14.8. The van der Waals surface area contributed by atoms with E-state index in [9.17, 15) is 4.79 Å². The monoisotopic (exact) mass is 398 g/mol. The fraction of sp³-hybridized carbons (Fsp3) is 0.192. The quantitative estimate of drug-likeness (QED) is 0.483. The van der Waals surface area contributed by atoms with Crippen molar-refractivity contribution >= 4 is 23.2 Å². The number of carbonyl (C=O) groups excluding carboxylic acids is 1. The lowest BCUT2D eigenvalue weighted by molar-refractivity contribution is -0.111. The first-order valence-corrected chi connectivity index (χ1v) is 10.3. The average molecular weight is 399 g/mol. The predicted molar refractivity (Wildman–Crippen MR) is 122 cm³/mol. The number of amides is 1. The number of morpholine rings is 1. The van der Waals surface area contributed by atoms with Crippen molar-refractivity contribution in [3.05, 3.63) is 102 Å². The van der Waals surface area contributed by atoms with Crippen molar-refractivity contribution in [1.29, 1.82) is 0 Å². The molecular formula is C26H26N2O2. The van der Waals surface area contributed by atoms with Crippen LogP contribution in [0.15, 0.2) is 84.9 Å². The van der Waals surface area contributed by atoms with Gasteiger partial charge >= 0.3 is 0 Å². The zero-order chi connectivity index (χ0) is 20.6. The van der Waals surface area contributed by atoms with Crippen LogP contribution in [0, 0.1) is 0 Å². The molecule has 0 radical (unpaired) electrons. The zero-order valence-electron chi connectivity index (χ0n) is 17.0. The molecule has 1 heterocycles. The van der Waals surface area contributed by atoms with Crippen LogP contribution in [-0.4, -0.2) is 37.1 Å². The SMILES string of the molecule is O=C(Nc1ccc(CN2CCOCC2)cc1)/C(=C\c1ccccc1)c1ccccc1. The molecule has 1 saturated heterocycles. The van der Waals surface area contributed by atoms with Gasteiger partial charge in [0.25, 0.3) is 5.91 Å². The number of nitrogens with one attached hydrogen (secondary N) is 1. The molecule has 1 N–H and O–H groups in total. The molecule has 0 aromatic heterocycles. The summed E-state index contributed by atoms with van der Waals surface area (Å²) in [6, 6.07) is 27.8. The number of rotatable bonds is 6. The number of anilines is 1. The minimum absolute atomic E-state index is 0.119. The molecular weight excluding hydrogens is 372 g/mol. The third-order valence-electron chi connectivity index (χ3n) is 5.16. The molecule has 152 valence electrons. The van der Waals surface area contributed by atoms with Crippen LogP contribution in [0.1, 0.15) is 16.7 Å². The highest BCUT2D eigenvalue weighted by molar-refractivity contribution is 6.29. The van der Waals surface area contributed by atoms with Gasteiger partial charge in [0.05, 0.1) is 13.2 Å². The van der Waals surface area contributed by atoms with E-state index in [0.29, 0.717) is 5.57 Å². The highest BCUT2D eigenvalue weighted by Gasteiger charge is 2.13. The van der Waals surface area contributed by atoms with E-state index in [1.165, 1.54) is 5.56 Å². The van der Waals surface area contributed by atoms with Crippen LogP contribution in [0.4, 0.5) is 5.69 Å².